The van der Waals surface area contributed by atoms with Gasteiger partial charge in [-0.1, -0.05) is 42.7 Å². The van der Waals surface area contributed by atoms with Crippen molar-refractivity contribution in [2.75, 3.05) is 19.0 Å². The van der Waals surface area contributed by atoms with Gasteiger partial charge >= 0.3 is 5.97 Å². The van der Waals surface area contributed by atoms with Gasteiger partial charge in [0.2, 0.25) is 0 Å². The number of rotatable bonds is 4. The fraction of sp³-hybridized carbons (Fsp3) is 0.692. The Labute approximate surface area is 122 Å². The van der Waals surface area contributed by atoms with E-state index >= 15 is 0 Å². The molecule has 1 fully saturated rings. The van der Waals surface area contributed by atoms with Gasteiger partial charge in [-0.3, -0.25) is 0 Å². The predicted molar refractivity (Wildman–Crippen MR) is 78.1 cm³/mol. The third-order valence-corrected chi connectivity index (χ3v) is 5.01. The van der Waals surface area contributed by atoms with Gasteiger partial charge in [0.05, 0.1) is 7.11 Å². The third-order valence-electron chi connectivity index (χ3n) is 3.63. The number of halogens is 1. The number of hydrogen-bond donors (Lipinski definition) is 1. The molecule has 1 N–H and O–H groups in total. The van der Waals surface area contributed by atoms with Crippen LogP contribution >= 0.6 is 22.9 Å². The number of anilines is 1. The minimum atomic E-state index is -0.429. The van der Waals surface area contributed by atoms with Crippen LogP contribution in [0.15, 0.2) is 0 Å². The van der Waals surface area contributed by atoms with E-state index in [1.54, 1.807) is 0 Å². The number of nitrogens with zero attached hydrogens (tertiary/aromatic N) is 1. The molecule has 1 aliphatic rings. The van der Waals surface area contributed by atoms with Crippen molar-refractivity contribution in [3.05, 3.63) is 10.0 Å². The van der Waals surface area contributed by atoms with E-state index < -0.39 is 5.97 Å². The van der Waals surface area contributed by atoms with Gasteiger partial charge in [-0.25, -0.2) is 9.78 Å². The van der Waals surface area contributed by atoms with Crippen LogP contribution < -0.4 is 5.32 Å². The molecule has 1 aliphatic carbocycles. The first kappa shape index (κ1) is 14.6. The fourth-order valence-corrected chi connectivity index (χ4v) is 3.47. The van der Waals surface area contributed by atoms with Crippen molar-refractivity contribution in [3.63, 3.8) is 0 Å². The lowest BCUT2D eigenvalue weighted by Crippen LogP contribution is -2.20. The van der Waals surface area contributed by atoms with Gasteiger partial charge in [-0.05, 0) is 24.7 Å². The second kappa shape index (κ2) is 6.57. The molecule has 4 nitrogen and oxygen atoms in total. The second-order valence-corrected chi connectivity index (χ2v) is 6.49. The van der Waals surface area contributed by atoms with Crippen molar-refractivity contribution in [2.45, 2.75) is 32.6 Å². The van der Waals surface area contributed by atoms with Crippen LogP contribution in [-0.2, 0) is 4.74 Å². The lowest BCUT2D eigenvalue weighted by molar-refractivity contribution is 0.0606. The molecule has 1 heterocycles. The smallest absolute Gasteiger partial charge is 0.351 e. The Morgan fingerprint density at radius 1 is 1.47 bits per heavy atom. The largest absolute Gasteiger partial charge is 0.465 e. The van der Waals surface area contributed by atoms with E-state index in [1.807, 2.05) is 0 Å². The van der Waals surface area contributed by atoms with Crippen LogP contribution in [0.4, 0.5) is 5.13 Å². The van der Waals surface area contributed by atoms with E-state index in [2.05, 4.69) is 22.0 Å². The van der Waals surface area contributed by atoms with Gasteiger partial charge in [-0.2, -0.15) is 0 Å². The summed E-state index contributed by atoms with van der Waals surface area (Å²) in [6, 6.07) is 0. The summed E-state index contributed by atoms with van der Waals surface area (Å²) in [5.41, 5.74) is 0. The summed E-state index contributed by atoms with van der Waals surface area (Å²) < 4.78 is 4.66. The predicted octanol–water partition coefficient (Wildman–Crippen LogP) is 3.82. The molecule has 0 radical (unpaired) electrons. The van der Waals surface area contributed by atoms with Gasteiger partial charge in [0.25, 0.3) is 0 Å². The Hall–Kier alpha value is -0.810. The normalized spacial score (nSPS) is 23.1. The minimum Gasteiger partial charge on any atom is -0.465 e. The van der Waals surface area contributed by atoms with Crippen molar-refractivity contribution in [2.24, 2.45) is 11.8 Å². The van der Waals surface area contributed by atoms with Crippen LogP contribution in [0.2, 0.25) is 5.15 Å². The second-order valence-electron chi connectivity index (χ2n) is 5.14. The lowest BCUT2D eigenvalue weighted by Gasteiger charge is -2.26. The van der Waals surface area contributed by atoms with E-state index in [0.717, 1.165) is 12.5 Å². The highest BCUT2D eigenvalue weighted by Crippen LogP contribution is 2.30. The molecule has 0 saturated heterocycles. The molecule has 6 heteroatoms. The third kappa shape index (κ3) is 3.83. The van der Waals surface area contributed by atoms with Crippen molar-refractivity contribution in [3.8, 4) is 0 Å². The number of thiazole rings is 1. The zero-order chi connectivity index (χ0) is 13.8. The van der Waals surface area contributed by atoms with Gasteiger partial charge in [0, 0.05) is 6.54 Å². The van der Waals surface area contributed by atoms with Gasteiger partial charge < -0.3 is 10.1 Å². The molecule has 1 aromatic heterocycles. The maximum absolute atomic E-state index is 11.4. The Kier molecular flexibility index (Phi) is 5.05. The van der Waals surface area contributed by atoms with E-state index in [-0.39, 0.29) is 5.15 Å². The zero-order valence-electron chi connectivity index (χ0n) is 11.2. The van der Waals surface area contributed by atoms with E-state index in [4.69, 9.17) is 11.6 Å². The average Bonchev–Trinajstić information content (AvgIpc) is 2.78. The molecule has 1 aromatic rings. The van der Waals surface area contributed by atoms with Crippen molar-refractivity contribution < 1.29 is 9.53 Å². The number of aromatic nitrogens is 1. The maximum Gasteiger partial charge on any atom is 0.351 e. The number of ether oxygens (including phenoxy) is 1. The Bertz CT molecular complexity index is 442. The van der Waals surface area contributed by atoms with Crippen molar-refractivity contribution in [1.82, 2.24) is 4.98 Å². The maximum atomic E-state index is 11.4. The highest BCUT2D eigenvalue weighted by molar-refractivity contribution is 7.18. The number of nitrogens with one attached hydrogen (secondary N) is 1. The zero-order valence-corrected chi connectivity index (χ0v) is 12.8. The molecule has 0 spiro atoms. The molecule has 106 valence electrons. The summed E-state index contributed by atoms with van der Waals surface area (Å²) in [6.07, 6.45) is 5.13. The molecular formula is C13H19ClN2O2S. The van der Waals surface area contributed by atoms with Gasteiger partial charge in [0.1, 0.15) is 0 Å². The van der Waals surface area contributed by atoms with Crippen molar-refractivity contribution in [1.29, 1.82) is 0 Å². The summed E-state index contributed by atoms with van der Waals surface area (Å²) in [7, 11) is 1.34. The first-order chi connectivity index (χ1) is 9.10. The SMILES string of the molecule is COC(=O)c1sc(NCC2CCC(C)CC2)nc1Cl. The summed E-state index contributed by atoms with van der Waals surface area (Å²) >= 11 is 7.17. The average molecular weight is 303 g/mol. The molecule has 1 saturated carbocycles. The van der Waals surface area contributed by atoms with Gasteiger partial charge in [0.15, 0.2) is 15.2 Å². The number of esters is 1. The molecule has 0 aliphatic heterocycles. The quantitative estimate of drug-likeness (QED) is 0.859. The minimum absolute atomic E-state index is 0.219. The molecule has 19 heavy (non-hydrogen) atoms. The molecule has 0 aromatic carbocycles. The van der Waals surface area contributed by atoms with E-state index in [0.29, 0.717) is 15.9 Å². The van der Waals surface area contributed by atoms with E-state index in [9.17, 15) is 4.79 Å². The summed E-state index contributed by atoms with van der Waals surface area (Å²) in [4.78, 5) is 15.9. The highest BCUT2D eigenvalue weighted by Gasteiger charge is 2.20. The summed E-state index contributed by atoms with van der Waals surface area (Å²) in [6.45, 7) is 3.21. The highest BCUT2D eigenvalue weighted by atomic mass is 35.5. The van der Waals surface area contributed by atoms with Crippen molar-refractivity contribution >= 4 is 34.0 Å². The molecule has 0 amide bonds. The molecule has 0 bridgehead atoms. The monoisotopic (exact) mass is 302 g/mol. The Balaban J connectivity index is 1.88. The first-order valence-electron chi connectivity index (χ1n) is 6.58. The number of carbonyl (C=O) groups is 1. The van der Waals surface area contributed by atoms with Crippen LogP contribution in [0.25, 0.3) is 0 Å². The molecule has 0 atom stereocenters. The fourth-order valence-electron chi connectivity index (χ4n) is 2.36. The number of methoxy groups -OCH3 is 1. The topological polar surface area (TPSA) is 51.2 Å². The van der Waals surface area contributed by atoms with Gasteiger partial charge in [-0.15, -0.1) is 0 Å². The molecular weight excluding hydrogens is 284 g/mol. The Morgan fingerprint density at radius 3 is 2.79 bits per heavy atom. The van der Waals surface area contributed by atoms with Crippen LogP contribution in [0, 0.1) is 11.8 Å². The van der Waals surface area contributed by atoms with Crippen LogP contribution in [0.3, 0.4) is 0 Å². The standard InChI is InChI=1S/C13H19ClN2O2S/c1-8-3-5-9(6-4-8)7-15-13-16-11(14)10(19-13)12(17)18-2/h8-9H,3-7H2,1-2H3,(H,15,16). The lowest BCUT2D eigenvalue weighted by atomic mass is 9.83. The van der Waals surface area contributed by atoms with Crippen LogP contribution in [0.5, 0.6) is 0 Å². The summed E-state index contributed by atoms with van der Waals surface area (Å²) in [5.74, 6) is 1.12. The Morgan fingerprint density at radius 2 is 2.16 bits per heavy atom. The first-order valence-corrected chi connectivity index (χ1v) is 7.78. The van der Waals surface area contributed by atoms with Crippen LogP contribution in [-0.4, -0.2) is 24.6 Å². The molecule has 0 unspecified atom stereocenters. The van der Waals surface area contributed by atoms with Crippen LogP contribution in [0.1, 0.15) is 42.3 Å². The van der Waals surface area contributed by atoms with E-state index in [1.165, 1.54) is 44.1 Å². The summed E-state index contributed by atoms with van der Waals surface area (Å²) in [5, 5.41) is 4.20. The number of carbonyl (C=O) groups excluding carboxylic acids is 1. The number of hydrogen-bond acceptors (Lipinski definition) is 5. The molecule has 2 rings (SSSR count).